The van der Waals surface area contributed by atoms with Gasteiger partial charge >= 0.3 is 0 Å². The van der Waals surface area contributed by atoms with Gasteiger partial charge < -0.3 is 10.2 Å². The van der Waals surface area contributed by atoms with E-state index >= 15 is 0 Å². The predicted molar refractivity (Wildman–Crippen MR) is 85.8 cm³/mol. The van der Waals surface area contributed by atoms with E-state index in [2.05, 4.69) is 44.8 Å². The van der Waals surface area contributed by atoms with Gasteiger partial charge in [-0.3, -0.25) is 0 Å². The van der Waals surface area contributed by atoms with Gasteiger partial charge in [-0.1, -0.05) is 27.7 Å². The van der Waals surface area contributed by atoms with Gasteiger partial charge in [-0.15, -0.1) is 0 Å². The molecule has 0 aromatic heterocycles. The van der Waals surface area contributed by atoms with E-state index in [0.29, 0.717) is 11.8 Å². The molecule has 0 aliphatic carbocycles. The van der Waals surface area contributed by atoms with E-state index in [1.54, 1.807) is 12.1 Å². The van der Waals surface area contributed by atoms with Gasteiger partial charge in [0.15, 0.2) is 0 Å². The second-order valence-corrected chi connectivity index (χ2v) is 6.41. The molecule has 1 aromatic carbocycles. The predicted octanol–water partition coefficient (Wildman–Crippen LogP) is 4.22. The summed E-state index contributed by atoms with van der Waals surface area (Å²) in [5.41, 5.74) is 2.18. The van der Waals surface area contributed by atoms with Crippen LogP contribution in [0.25, 0.3) is 0 Å². The monoisotopic (exact) mass is 280 g/mol. The van der Waals surface area contributed by atoms with Crippen LogP contribution in [0.4, 0.5) is 10.1 Å². The van der Waals surface area contributed by atoms with Gasteiger partial charge in [0.1, 0.15) is 5.82 Å². The Bertz CT molecular complexity index is 405. The van der Waals surface area contributed by atoms with Crippen molar-refractivity contribution in [1.82, 2.24) is 5.32 Å². The van der Waals surface area contributed by atoms with E-state index in [1.165, 1.54) is 0 Å². The molecule has 114 valence electrons. The zero-order valence-corrected chi connectivity index (χ0v) is 13.7. The highest BCUT2D eigenvalue weighted by molar-refractivity contribution is 5.55. The molecule has 20 heavy (non-hydrogen) atoms. The molecule has 0 amide bonds. The Labute approximate surface area is 123 Å². The van der Waals surface area contributed by atoms with Crippen LogP contribution in [0, 0.1) is 17.7 Å². The molecular weight excluding hydrogens is 251 g/mol. The minimum absolute atomic E-state index is 0.141. The van der Waals surface area contributed by atoms with Crippen LogP contribution >= 0.6 is 0 Å². The SMILES string of the molecule is CNC(C)c1cc(F)ccc1N(CC(C)C)CC(C)C. The highest BCUT2D eigenvalue weighted by Gasteiger charge is 2.17. The first kappa shape index (κ1) is 17.0. The molecule has 0 aliphatic heterocycles. The van der Waals surface area contributed by atoms with Crippen molar-refractivity contribution in [3.8, 4) is 0 Å². The zero-order chi connectivity index (χ0) is 15.3. The Morgan fingerprint density at radius 1 is 1.05 bits per heavy atom. The lowest BCUT2D eigenvalue weighted by Gasteiger charge is -2.31. The molecular formula is C17H29FN2. The van der Waals surface area contributed by atoms with Gasteiger partial charge in [0.2, 0.25) is 0 Å². The molecule has 1 rings (SSSR count). The standard InChI is InChI=1S/C17H29FN2/c1-12(2)10-20(11-13(3)4)17-8-7-15(18)9-16(17)14(5)19-6/h7-9,12-14,19H,10-11H2,1-6H3. The van der Waals surface area contributed by atoms with Crippen LogP contribution in [0.1, 0.15) is 46.2 Å². The lowest BCUT2D eigenvalue weighted by Crippen LogP contribution is -2.33. The average Bonchev–Trinajstić information content (AvgIpc) is 2.35. The first-order valence-electron chi connectivity index (χ1n) is 7.56. The van der Waals surface area contributed by atoms with Crippen molar-refractivity contribution < 1.29 is 4.39 Å². The Kier molecular flexibility index (Phi) is 6.47. The van der Waals surface area contributed by atoms with Crippen molar-refractivity contribution in [2.45, 2.75) is 40.7 Å². The fraction of sp³-hybridized carbons (Fsp3) is 0.647. The van der Waals surface area contributed by atoms with E-state index in [9.17, 15) is 4.39 Å². The van der Waals surface area contributed by atoms with Crippen LogP contribution in [0.3, 0.4) is 0 Å². The fourth-order valence-electron chi connectivity index (χ4n) is 2.47. The van der Waals surface area contributed by atoms with Crippen molar-refractivity contribution in [2.24, 2.45) is 11.8 Å². The molecule has 0 saturated heterocycles. The number of nitrogens with one attached hydrogen (secondary N) is 1. The maximum atomic E-state index is 13.6. The first-order valence-corrected chi connectivity index (χ1v) is 7.56. The average molecular weight is 280 g/mol. The Morgan fingerprint density at radius 3 is 2.05 bits per heavy atom. The van der Waals surface area contributed by atoms with Crippen LogP contribution in [0.5, 0.6) is 0 Å². The second kappa shape index (κ2) is 7.63. The minimum atomic E-state index is -0.167. The van der Waals surface area contributed by atoms with Gasteiger partial charge in [-0.25, -0.2) is 4.39 Å². The van der Waals surface area contributed by atoms with Crippen molar-refractivity contribution in [3.63, 3.8) is 0 Å². The normalized spacial score (nSPS) is 13.1. The molecule has 2 nitrogen and oxygen atoms in total. The number of hydrogen-bond acceptors (Lipinski definition) is 2. The molecule has 1 aromatic rings. The van der Waals surface area contributed by atoms with Crippen molar-refractivity contribution in [3.05, 3.63) is 29.6 Å². The summed E-state index contributed by atoms with van der Waals surface area (Å²) in [4.78, 5) is 2.39. The summed E-state index contributed by atoms with van der Waals surface area (Å²) in [5.74, 6) is 0.994. The Morgan fingerprint density at radius 2 is 1.60 bits per heavy atom. The lowest BCUT2D eigenvalue weighted by molar-refractivity contribution is 0.545. The topological polar surface area (TPSA) is 15.3 Å². The Balaban J connectivity index is 3.16. The maximum Gasteiger partial charge on any atom is 0.123 e. The molecule has 3 heteroatoms. The number of benzene rings is 1. The van der Waals surface area contributed by atoms with E-state index in [-0.39, 0.29) is 11.9 Å². The van der Waals surface area contributed by atoms with E-state index in [1.807, 2.05) is 13.1 Å². The number of halogens is 1. The van der Waals surface area contributed by atoms with E-state index < -0.39 is 0 Å². The smallest absolute Gasteiger partial charge is 0.123 e. The molecule has 1 atom stereocenters. The summed E-state index contributed by atoms with van der Waals surface area (Å²) in [6.07, 6.45) is 0. The van der Waals surface area contributed by atoms with Crippen molar-refractivity contribution in [2.75, 3.05) is 25.0 Å². The molecule has 1 unspecified atom stereocenters. The third kappa shape index (κ3) is 4.78. The minimum Gasteiger partial charge on any atom is -0.371 e. The maximum absolute atomic E-state index is 13.6. The highest BCUT2D eigenvalue weighted by atomic mass is 19.1. The zero-order valence-electron chi connectivity index (χ0n) is 13.7. The lowest BCUT2D eigenvalue weighted by atomic mass is 10.0. The number of anilines is 1. The van der Waals surface area contributed by atoms with E-state index in [0.717, 1.165) is 24.3 Å². The second-order valence-electron chi connectivity index (χ2n) is 6.41. The Hall–Kier alpha value is -1.09. The van der Waals surface area contributed by atoms with Gasteiger partial charge in [0, 0.05) is 24.8 Å². The van der Waals surface area contributed by atoms with Gasteiger partial charge in [0.25, 0.3) is 0 Å². The van der Waals surface area contributed by atoms with Crippen LogP contribution in [0.15, 0.2) is 18.2 Å². The van der Waals surface area contributed by atoms with Crippen LogP contribution in [-0.4, -0.2) is 20.1 Å². The third-order valence-electron chi connectivity index (χ3n) is 3.40. The fourth-order valence-corrected chi connectivity index (χ4v) is 2.47. The van der Waals surface area contributed by atoms with Gasteiger partial charge in [-0.05, 0) is 49.6 Å². The molecule has 0 heterocycles. The summed E-state index contributed by atoms with van der Waals surface area (Å²) >= 11 is 0. The molecule has 0 spiro atoms. The van der Waals surface area contributed by atoms with Gasteiger partial charge in [-0.2, -0.15) is 0 Å². The summed E-state index contributed by atoms with van der Waals surface area (Å²) < 4.78 is 13.6. The molecule has 0 fully saturated rings. The summed E-state index contributed by atoms with van der Waals surface area (Å²) in [6.45, 7) is 12.9. The molecule has 0 bridgehead atoms. The molecule has 0 aliphatic rings. The number of nitrogens with zero attached hydrogens (tertiary/aromatic N) is 1. The van der Waals surface area contributed by atoms with Gasteiger partial charge in [0.05, 0.1) is 0 Å². The summed E-state index contributed by atoms with van der Waals surface area (Å²) in [5, 5.41) is 3.22. The third-order valence-corrected chi connectivity index (χ3v) is 3.40. The molecule has 0 saturated carbocycles. The quantitative estimate of drug-likeness (QED) is 0.804. The molecule has 0 radical (unpaired) electrons. The largest absolute Gasteiger partial charge is 0.371 e. The number of hydrogen-bond donors (Lipinski definition) is 1. The van der Waals surface area contributed by atoms with Crippen molar-refractivity contribution >= 4 is 5.69 Å². The van der Waals surface area contributed by atoms with E-state index in [4.69, 9.17) is 0 Å². The van der Waals surface area contributed by atoms with Crippen LogP contribution in [0.2, 0.25) is 0 Å². The van der Waals surface area contributed by atoms with Crippen LogP contribution in [-0.2, 0) is 0 Å². The van der Waals surface area contributed by atoms with Crippen LogP contribution < -0.4 is 10.2 Å². The summed E-state index contributed by atoms with van der Waals surface area (Å²) in [7, 11) is 1.91. The van der Waals surface area contributed by atoms with Crippen molar-refractivity contribution in [1.29, 1.82) is 0 Å². The summed E-state index contributed by atoms with van der Waals surface area (Å²) in [6, 6.07) is 5.28. The highest BCUT2D eigenvalue weighted by Crippen LogP contribution is 2.28. The first-order chi connectivity index (χ1) is 9.35. The number of rotatable bonds is 7. The molecule has 1 N–H and O–H groups in total.